The van der Waals surface area contributed by atoms with Gasteiger partial charge in [0.15, 0.2) is 0 Å². The Balaban J connectivity index is 1.77. The van der Waals surface area contributed by atoms with Crippen molar-refractivity contribution in [1.82, 2.24) is 15.1 Å². The second-order valence-corrected chi connectivity index (χ2v) is 6.63. The molecule has 28 heavy (non-hydrogen) atoms. The van der Waals surface area contributed by atoms with E-state index < -0.39 is 0 Å². The zero-order chi connectivity index (χ0) is 19.8. The van der Waals surface area contributed by atoms with Crippen molar-refractivity contribution < 1.29 is 9.53 Å². The van der Waals surface area contributed by atoms with Gasteiger partial charge >= 0.3 is 0 Å². The minimum Gasteiger partial charge on any atom is -0.380 e. The second-order valence-electron chi connectivity index (χ2n) is 6.63. The van der Waals surface area contributed by atoms with E-state index in [9.17, 15) is 4.79 Å². The van der Waals surface area contributed by atoms with Gasteiger partial charge in [-0.1, -0.05) is 60.7 Å². The van der Waals surface area contributed by atoms with Crippen molar-refractivity contribution in [3.63, 3.8) is 0 Å². The van der Waals surface area contributed by atoms with E-state index in [1.54, 1.807) is 7.11 Å². The molecule has 1 atom stereocenters. The summed E-state index contributed by atoms with van der Waals surface area (Å²) in [5.74, 6) is -0.0906. The number of nitrogens with zero attached hydrogens (tertiary/aromatic N) is 2. The first-order valence-corrected chi connectivity index (χ1v) is 9.35. The van der Waals surface area contributed by atoms with Crippen LogP contribution in [0.5, 0.6) is 0 Å². The third-order valence-corrected chi connectivity index (χ3v) is 4.56. The highest BCUT2D eigenvalue weighted by molar-refractivity contribution is 5.76. The lowest BCUT2D eigenvalue weighted by Crippen LogP contribution is -2.31. The minimum absolute atomic E-state index is 0.0906. The normalized spacial score (nSPS) is 11.9. The Kier molecular flexibility index (Phi) is 6.94. The summed E-state index contributed by atoms with van der Waals surface area (Å²) in [5, 5.41) is 7.73. The predicted molar refractivity (Wildman–Crippen MR) is 110 cm³/mol. The molecule has 1 unspecified atom stereocenters. The largest absolute Gasteiger partial charge is 0.380 e. The van der Waals surface area contributed by atoms with E-state index in [1.807, 2.05) is 59.4 Å². The van der Waals surface area contributed by atoms with E-state index in [4.69, 9.17) is 15.6 Å². The van der Waals surface area contributed by atoms with Gasteiger partial charge in [0.1, 0.15) is 0 Å². The molecule has 0 bridgehead atoms. The highest BCUT2D eigenvalue weighted by Crippen LogP contribution is 2.22. The molecule has 6 heteroatoms. The molecule has 0 saturated heterocycles. The van der Waals surface area contributed by atoms with E-state index in [0.29, 0.717) is 19.6 Å². The van der Waals surface area contributed by atoms with Crippen molar-refractivity contribution in [2.75, 3.05) is 13.7 Å². The number of ether oxygens (including phenoxy) is 1. The first-order chi connectivity index (χ1) is 13.7. The molecule has 6 nitrogen and oxygen atoms in total. The van der Waals surface area contributed by atoms with Gasteiger partial charge in [-0.15, -0.1) is 0 Å². The van der Waals surface area contributed by atoms with Gasteiger partial charge in [0.05, 0.1) is 24.8 Å². The summed E-state index contributed by atoms with van der Waals surface area (Å²) in [6, 6.07) is 20.2. The van der Waals surface area contributed by atoms with Crippen molar-refractivity contribution in [2.24, 2.45) is 5.73 Å². The average molecular weight is 378 g/mol. The van der Waals surface area contributed by atoms with Crippen LogP contribution in [0.4, 0.5) is 0 Å². The van der Waals surface area contributed by atoms with Gasteiger partial charge in [-0.25, -0.2) is 0 Å². The summed E-state index contributed by atoms with van der Waals surface area (Å²) < 4.78 is 7.10. The number of carbonyl (C=O) groups excluding carboxylic acids is 1. The van der Waals surface area contributed by atoms with Crippen LogP contribution in [-0.4, -0.2) is 35.4 Å². The first kappa shape index (κ1) is 19.8. The van der Waals surface area contributed by atoms with Crippen LogP contribution >= 0.6 is 0 Å². The van der Waals surface area contributed by atoms with E-state index >= 15 is 0 Å². The standard InChI is InChI=1S/C22H26N4O2/c1-28-20(13-23)12-21(27)24-14-19-16-26(15-17-8-4-2-5-9-17)25-22(19)18-10-6-3-7-11-18/h2-11,16,20H,12-15,23H2,1H3,(H,24,27). The number of methoxy groups -OCH3 is 1. The molecule has 1 amide bonds. The number of hydrogen-bond acceptors (Lipinski definition) is 4. The molecule has 2 aromatic carbocycles. The predicted octanol–water partition coefficient (Wildman–Crippen LogP) is 2.58. The minimum atomic E-state index is -0.269. The Morgan fingerprint density at radius 1 is 1.14 bits per heavy atom. The monoisotopic (exact) mass is 378 g/mol. The quantitative estimate of drug-likeness (QED) is 0.600. The molecule has 3 rings (SSSR count). The molecule has 0 aliphatic heterocycles. The van der Waals surface area contributed by atoms with Crippen LogP contribution in [0.15, 0.2) is 66.9 Å². The number of hydrogen-bond donors (Lipinski definition) is 2. The third kappa shape index (κ3) is 5.28. The molecule has 1 heterocycles. The van der Waals surface area contributed by atoms with Gasteiger partial charge in [0.2, 0.25) is 5.91 Å². The molecule has 3 aromatic rings. The van der Waals surface area contributed by atoms with Gasteiger partial charge < -0.3 is 15.8 Å². The highest BCUT2D eigenvalue weighted by Gasteiger charge is 2.15. The zero-order valence-corrected chi connectivity index (χ0v) is 16.0. The van der Waals surface area contributed by atoms with E-state index in [1.165, 1.54) is 5.56 Å². The first-order valence-electron chi connectivity index (χ1n) is 9.35. The molecular formula is C22H26N4O2. The molecule has 0 aliphatic carbocycles. The van der Waals surface area contributed by atoms with Crippen molar-refractivity contribution >= 4 is 5.91 Å². The van der Waals surface area contributed by atoms with Crippen molar-refractivity contribution in [3.8, 4) is 11.3 Å². The molecule has 0 saturated carbocycles. The summed E-state index contributed by atoms with van der Waals surface area (Å²) in [6.45, 7) is 1.39. The summed E-state index contributed by atoms with van der Waals surface area (Å²) >= 11 is 0. The fourth-order valence-electron chi connectivity index (χ4n) is 3.02. The number of rotatable bonds is 9. The maximum absolute atomic E-state index is 12.2. The highest BCUT2D eigenvalue weighted by atomic mass is 16.5. The average Bonchev–Trinajstić information content (AvgIpc) is 3.14. The number of benzene rings is 2. The lowest BCUT2D eigenvalue weighted by Gasteiger charge is -2.12. The fourth-order valence-corrected chi connectivity index (χ4v) is 3.02. The van der Waals surface area contributed by atoms with Gasteiger partial charge in [0, 0.05) is 37.5 Å². The van der Waals surface area contributed by atoms with Gasteiger partial charge in [-0.05, 0) is 5.56 Å². The Bertz CT molecular complexity index is 874. The van der Waals surface area contributed by atoms with Crippen molar-refractivity contribution in [3.05, 3.63) is 78.0 Å². The Hall–Kier alpha value is -2.96. The van der Waals surface area contributed by atoms with Crippen LogP contribution in [-0.2, 0) is 22.6 Å². The maximum atomic E-state index is 12.2. The molecule has 3 N–H and O–H groups in total. The lowest BCUT2D eigenvalue weighted by molar-refractivity contribution is -0.123. The Morgan fingerprint density at radius 3 is 2.46 bits per heavy atom. The van der Waals surface area contributed by atoms with Crippen LogP contribution in [0.25, 0.3) is 11.3 Å². The molecule has 0 fully saturated rings. The summed E-state index contributed by atoms with van der Waals surface area (Å²) in [6.07, 6.45) is 1.97. The summed E-state index contributed by atoms with van der Waals surface area (Å²) in [4.78, 5) is 12.2. The van der Waals surface area contributed by atoms with Crippen molar-refractivity contribution in [2.45, 2.75) is 25.6 Å². The molecule has 146 valence electrons. The smallest absolute Gasteiger partial charge is 0.222 e. The number of nitrogens with one attached hydrogen (secondary N) is 1. The van der Waals surface area contributed by atoms with Crippen LogP contribution in [0.1, 0.15) is 17.5 Å². The molecular weight excluding hydrogens is 352 g/mol. The Morgan fingerprint density at radius 2 is 1.82 bits per heavy atom. The number of aromatic nitrogens is 2. The molecule has 0 radical (unpaired) electrons. The Labute approximate surface area is 165 Å². The van der Waals surface area contributed by atoms with Crippen LogP contribution in [0, 0.1) is 0 Å². The van der Waals surface area contributed by atoms with Crippen molar-refractivity contribution in [1.29, 1.82) is 0 Å². The summed E-state index contributed by atoms with van der Waals surface area (Å²) in [5.41, 5.74) is 9.64. The molecule has 1 aromatic heterocycles. The van der Waals surface area contributed by atoms with Gasteiger partial charge in [-0.3, -0.25) is 9.48 Å². The van der Waals surface area contributed by atoms with Gasteiger partial charge in [0.25, 0.3) is 0 Å². The van der Waals surface area contributed by atoms with E-state index in [2.05, 4.69) is 17.4 Å². The maximum Gasteiger partial charge on any atom is 0.222 e. The fraction of sp³-hybridized carbons (Fsp3) is 0.273. The SMILES string of the molecule is COC(CN)CC(=O)NCc1cn(Cc2ccccc2)nc1-c1ccccc1. The topological polar surface area (TPSA) is 82.2 Å². The van der Waals surface area contributed by atoms with Gasteiger partial charge in [-0.2, -0.15) is 5.10 Å². The number of amides is 1. The molecule has 0 spiro atoms. The third-order valence-electron chi connectivity index (χ3n) is 4.56. The van der Waals surface area contributed by atoms with E-state index in [0.717, 1.165) is 16.8 Å². The summed E-state index contributed by atoms with van der Waals surface area (Å²) in [7, 11) is 1.56. The number of nitrogens with two attached hydrogens (primary N) is 1. The second kappa shape index (κ2) is 9.82. The van der Waals surface area contributed by atoms with Crippen LogP contribution in [0.3, 0.4) is 0 Å². The van der Waals surface area contributed by atoms with E-state index in [-0.39, 0.29) is 18.4 Å². The lowest BCUT2D eigenvalue weighted by atomic mass is 10.1. The van der Waals surface area contributed by atoms with Crippen LogP contribution < -0.4 is 11.1 Å². The number of carbonyl (C=O) groups is 1. The molecule has 0 aliphatic rings. The van der Waals surface area contributed by atoms with Crippen LogP contribution in [0.2, 0.25) is 0 Å². The zero-order valence-electron chi connectivity index (χ0n) is 16.0.